The van der Waals surface area contributed by atoms with Gasteiger partial charge in [0.25, 0.3) is 0 Å². The zero-order chi connectivity index (χ0) is 13.1. The monoisotopic (exact) mass is 254 g/mol. The molecule has 0 amide bonds. The van der Waals surface area contributed by atoms with Gasteiger partial charge in [-0.25, -0.2) is 0 Å². The fourth-order valence-corrected chi connectivity index (χ4v) is 2.64. The first-order chi connectivity index (χ1) is 8.79. The Labute approximate surface area is 112 Å². The van der Waals surface area contributed by atoms with Crippen molar-refractivity contribution in [2.45, 2.75) is 84.0 Å². The highest BCUT2D eigenvalue weighted by atomic mass is 16.5. The molecule has 1 fully saturated rings. The Hall–Kier alpha value is -0.530. The Bertz CT molecular complexity index is 213. The van der Waals surface area contributed by atoms with E-state index in [9.17, 15) is 4.79 Å². The molecular weight excluding hydrogens is 224 g/mol. The second kappa shape index (κ2) is 10.4. The third kappa shape index (κ3) is 8.54. The van der Waals surface area contributed by atoms with Crippen LogP contribution in [-0.2, 0) is 9.53 Å². The van der Waals surface area contributed by atoms with Crippen LogP contribution in [0.5, 0.6) is 0 Å². The SMILES string of the molecule is CC1CCCCCCCCCCCCOC(=O)C1. The summed E-state index contributed by atoms with van der Waals surface area (Å²) in [6.45, 7) is 2.80. The maximum Gasteiger partial charge on any atom is 0.306 e. The molecule has 2 nitrogen and oxygen atoms in total. The molecule has 1 aliphatic heterocycles. The van der Waals surface area contributed by atoms with Crippen LogP contribution in [0.2, 0.25) is 0 Å². The lowest BCUT2D eigenvalue weighted by molar-refractivity contribution is -0.144. The lowest BCUT2D eigenvalue weighted by Crippen LogP contribution is -2.10. The van der Waals surface area contributed by atoms with Gasteiger partial charge in [-0.15, -0.1) is 0 Å². The molecule has 0 N–H and O–H groups in total. The van der Waals surface area contributed by atoms with E-state index in [0.717, 1.165) is 6.42 Å². The van der Waals surface area contributed by atoms with Crippen molar-refractivity contribution < 1.29 is 9.53 Å². The first-order valence-corrected chi connectivity index (χ1v) is 7.94. The molecule has 0 aliphatic carbocycles. The van der Waals surface area contributed by atoms with Crippen LogP contribution in [0.4, 0.5) is 0 Å². The summed E-state index contributed by atoms with van der Waals surface area (Å²) in [7, 11) is 0. The van der Waals surface area contributed by atoms with Crippen LogP contribution in [0.1, 0.15) is 84.0 Å². The summed E-state index contributed by atoms with van der Waals surface area (Å²) in [5, 5.41) is 0. The Morgan fingerprint density at radius 2 is 1.33 bits per heavy atom. The minimum absolute atomic E-state index is 0.00888. The van der Waals surface area contributed by atoms with Crippen LogP contribution in [-0.4, -0.2) is 12.6 Å². The van der Waals surface area contributed by atoms with Gasteiger partial charge in [-0.2, -0.15) is 0 Å². The molecule has 0 aromatic rings. The molecule has 0 aromatic heterocycles. The number of rotatable bonds is 0. The van der Waals surface area contributed by atoms with Crippen LogP contribution in [0.25, 0.3) is 0 Å². The van der Waals surface area contributed by atoms with Crippen molar-refractivity contribution in [1.29, 1.82) is 0 Å². The molecule has 1 aliphatic rings. The van der Waals surface area contributed by atoms with E-state index in [0.29, 0.717) is 18.9 Å². The fourth-order valence-electron chi connectivity index (χ4n) is 2.64. The zero-order valence-electron chi connectivity index (χ0n) is 12.1. The van der Waals surface area contributed by atoms with Gasteiger partial charge in [-0.3, -0.25) is 4.79 Å². The number of carbonyl (C=O) groups excluding carboxylic acids is 1. The van der Waals surface area contributed by atoms with Gasteiger partial charge in [0.15, 0.2) is 0 Å². The number of ether oxygens (including phenoxy) is 1. The highest BCUT2D eigenvalue weighted by Crippen LogP contribution is 2.16. The second-order valence-electron chi connectivity index (χ2n) is 5.85. The highest BCUT2D eigenvalue weighted by molar-refractivity contribution is 5.69. The molecule has 18 heavy (non-hydrogen) atoms. The van der Waals surface area contributed by atoms with Crippen LogP contribution >= 0.6 is 0 Å². The molecule has 0 aromatic carbocycles. The summed E-state index contributed by atoms with van der Waals surface area (Å²) in [6, 6.07) is 0. The summed E-state index contributed by atoms with van der Waals surface area (Å²) < 4.78 is 5.27. The van der Waals surface area contributed by atoms with E-state index in [2.05, 4.69) is 6.92 Å². The molecule has 1 unspecified atom stereocenters. The summed E-state index contributed by atoms with van der Waals surface area (Å²) in [6.07, 6.45) is 14.9. The van der Waals surface area contributed by atoms with Crippen molar-refractivity contribution in [3.8, 4) is 0 Å². The molecule has 0 bridgehead atoms. The number of esters is 1. The molecule has 2 heteroatoms. The quantitative estimate of drug-likeness (QED) is 0.577. The topological polar surface area (TPSA) is 26.3 Å². The number of hydrogen-bond donors (Lipinski definition) is 0. The first kappa shape index (κ1) is 15.5. The lowest BCUT2D eigenvalue weighted by atomic mass is 9.98. The van der Waals surface area contributed by atoms with E-state index in [1.54, 1.807) is 0 Å². The van der Waals surface area contributed by atoms with Gasteiger partial charge < -0.3 is 4.74 Å². The molecule has 0 spiro atoms. The van der Waals surface area contributed by atoms with Gasteiger partial charge in [-0.05, 0) is 12.3 Å². The Kier molecular flexibility index (Phi) is 8.97. The van der Waals surface area contributed by atoms with Crippen molar-refractivity contribution in [2.75, 3.05) is 6.61 Å². The maximum atomic E-state index is 11.6. The van der Waals surface area contributed by atoms with Gasteiger partial charge in [0.1, 0.15) is 0 Å². The predicted octanol–water partition coefficient (Wildman–Crippen LogP) is 4.86. The van der Waals surface area contributed by atoms with Crippen molar-refractivity contribution in [3.05, 3.63) is 0 Å². The zero-order valence-corrected chi connectivity index (χ0v) is 12.1. The maximum absolute atomic E-state index is 11.6. The van der Waals surface area contributed by atoms with Crippen molar-refractivity contribution in [2.24, 2.45) is 5.92 Å². The molecule has 0 saturated carbocycles. The standard InChI is InChI=1S/C16H30O2/c1-15-12-10-8-6-4-2-3-5-7-9-11-13-18-16(17)14-15/h15H,2-14H2,1H3. The van der Waals surface area contributed by atoms with Crippen LogP contribution in [0.3, 0.4) is 0 Å². The van der Waals surface area contributed by atoms with E-state index in [-0.39, 0.29) is 5.97 Å². The second-order valence-corrected chi connectivity index (χ2v) is 5.85. The summed E-state index contributed by atoms with van der Waals surface area (Å²) in [5.41, 5.74) is 0. The molecular formula is C16H30O2. The van der Waals surface area contributed by atoms with Crippen LogP contribution < -0.4 is 0 Å². The minimum atomic E-state index is 0.00888. The van der Waals surface area contributed by atoms with Gasteiger partial charge in [0.2, 0.25) is 0 Å². The molecule has 106 valence electrons. The molecule has 1 rings (SSSR count). The Balaban J connectivity index is 2.21. The summed E-state index contributed by atoms with van der Waals surface area (Å²) >= 11 is 0. The summed E-state index contributed by atoms with van der Waals surface area (Å²) in [5.74, 6) is 0.500. The van der Waals surface area contributed by atoms with Gasteiger partial charge in [0.05, 0.1) is 6.61 Å². The average molecular weight is 254 g/mol. The largest absolute Gasteiger partial charge is 0.466 e. The lowest BCUT2D eigenvalue weighted by Gasteiger charge is -2.11. The van der Waals surface area contributed by atoms with E-state index >= 15 is 0 Å². The van der Waals surface area contributed by atoms with Gasteiger partial charge >= 0.3 is 5.97 Å². The minimum Gasteiger partial charge on any atom is -0.466 e. The van der Waals surface area contributed by atoms with E-state index < -0.39 is 0 Å². The number of cyclic esters (lactones) is 1. The van der Waals surface area contributed by atoms with E-state index in [4.69, 9.17) is 4.74 Å². The van der Waals surface area contributed by atoms with Crippen molar-refractivity contribution >= 4 is 5.97 Å². The fraction of sp³-hybridized carbons (Fsp3) is 0.938. The third-order valence-corrected chi connectivity index (χ3v) is 3.87. The highest BCUT2D eigenvalue weighted by Gasteiger charge is 2.10. The van der Waals surface area contributed by atoms with Crippen LogP contribution in [0, 0.1) is 5.92 Å². The van der Waals surface area contributed by atoms with Crippen LogP contribution in [0.15, 0.2) is 0 Å². The molecule has 0 radical (unpaired) electrons. The third-order valence-electron chi connectivity index (χ3n) is 3.87. The van der Waals surface area contributed by atoms with Crippen molar-refractivity contribution in [3.63, 3.8) is 0 Å². The number of carbonyl (C=O) groups is 1. The van der Waals surface area contributed by atoms with Crippen molar-refractivity contribution in [1.82, 2.24) is 0 Å². The first-order valence-electron chi connectivity index (χ1n) is 7.94. The predicted molar refractivity (Wildman–Crippen MR) is 75.5 cm³/mol. The Morgan fingerprint density at radius 1 is 0.833 bits per heavy atom. The normalized spacial score (nSPS) is 26.5. The van der Waals surface area contributed by atoms with E-state index in [1.807, 2.05) is 0 Å². The molecule has 1 heterocycles. The summed E-state index contributed by atoms with van der Waals surface area (Å²) in [4.78, 5) is 11.6. The molecule has 1 saturated heterocycles. The smallest absolute Gasteiger partial charge is 0.306 e. The average Bonchev–Trinajstić information content (AvgIpc) is 2.33. The Morgan fingerprint density at radius 3 is 1.94 bits per heavy atom. The molecule has 1 atom stereocenters. The number of hydrogen-bond acceptors (Lipinski definition) is 2. The van der Waals surface area contributed by atoms with E-state index in [1.165, 1.54) is 64.2 Å². The van der Waals surface area contributed by atoms with Gasteiger partial charge in [0, 0.05) is 6.42 Å². The van der Waals surface area contributed by atoms with Gasteiger partial charge in [-0.1, -0.05) is 71.1 Å².